The zero-order valence-corrected chi connectivity index (χ0v) is 20.8. The maximum atomic E-state index is 13.1. The summed E-state index contributed by atoms with van der Waals surface area (Å²) < 4.78 is 55.5. The Morgan fingerprint density at radius 3 is 1.97 bits per heavy atom. The van der Waals surface area contributed by atoms with Crippen LogP contribution in [0.4, 0.5) is 15.8 Å². The number of anilines is 2. The summed E-state index contributed by atoms with van der Waals surface area (Å²) >= 11 is 0. The van der Waals surface area contributed by atoms with E-state index in [0.29, 0.717) is 5.56 Å². The van der Waals surface area contributed by atoms with E-state index in [1.807, 2.05) is 0 Å². The molecule has 0 aliphatic rings. The molecule has 2 N–H and O–H groups in total. The van der Waals surface area contributed by atoms with Crippen LogP contribution in [0.15, 0.2) is 65.6 Å². The van der Waals surface area contributed by atoms with Gasteiger partial charge in [0.25, 0.3) is 15.9 Å². The summed E-state index contributed by atoms with van der Waals surface area (Å²) in [5, 5.41) is 2.53. The number of rotatable bonds is 9. The molecule has 0 atom stereocenters. The molecule has 1 amide bonds. The second kappa shape index (κ2) is 11.5. The van der Waals surface area contributed by atoms with Gasteiger partial charge >= 0.3 is 11.9 Å². The highest BCUT2D eigenvalue weighted by atomic mass is 32.2. The summed E-state index contributed by atoms with van der Waals surface area (Å²) in [5.74, 6) is -2.26. The monoisotopic (exact) mass is 530 g/mol. The van der Waals surface area contributed by atoms with Gasteiger partial charge in [-0.1, -0.05) is 0 Å². The zero-order valence-electron chi connectivity index (χ0n) is 20.0. The van der Waals surface area contributed by atoms with Crippen LogP contribution in [0.3, 0.4) is 0 Å². The molecule has 37 heavy (non-hydrogen) atoms. The summed E-state index contributed by atoms with van der Waals surface area (Å²) in [6.45, 7) is 1.16. The van der Waals surface area contributed by atoms with Crippen LogP contribution in [0.1, 0.15) is 26.3 Å². The average Bonchev–Trinajstić information content (AvgIpc) is 2.87. The first-order valence-corrected chi connectivity index (χ1v) is 12.1. The summed E-state index contributed by atoms with van der Waals surface area (Å²) in [4.78, 5) is 36.2. The predicted octanol–water partition coefficient (Wildman–Crippen LogP) is 3.53. The Morgan fingerprint density at radius 1 is 0.838 bits per heavy atom. The minimum atomic E-state index is -3.95. The van der Waals surface area contributed by atoms with Crippen LogP contribution in [0.2, 0.25) is 0 Å². The second-order valence-corrected chi connectivity index (χ2v) is 9.34. The van der Waals surface area contributed by atoms with Gasteiger partial charge in [-0.3, -0.25) is 9.52 Å². The minimum absolute atomic E-state index is 0.0310. The van der Waals surface area contributed by atoms with Crippen LogP contribution in [-0.4, -0.2) is 47.1 Å². The maximum Gasteiger partial charge on any atom is 0.337 e. The quantitative estimate of drug-likeness (QED) is 0.401. The van der Waals surface area contributed by atoms with Gasteiger partial charge in [-0.05, 0) is 73.2 Å². The van der Waals surface area contributed by atoms with Crippen molar-refractivity contribution in [1.82, 2.24) is 0 Å². The van der Waals surface area contributed by atoms with Crippen molar-refractivity contribution in [2.75, 3.05) is 30.9 Å². The van der Waals surface area contributed by atoms with Crippen molar-refractivity contribution < 1.29 is 41.4 Å². The number of carbonyl (C=O) groups is 3. The second-order valence-electron chi connectivity index (χ2n) is 7.66. The average molecular weight is 531 g/mol. The number of sulfonamides is 1. The largest absolute Gasteiger partial charge is 0.483 e. The van der Waals surface area contributed by atoms with Crippen LogP contribution < -0.4 is 14.8 Å². The Bertz CT molecular complexity index is 1410. The molecule has 0 saturated carbocycles. The van der Waals surface area contributed by atoms with Crippen molar-refractivity contribution in [3.8, 4) is 5.75 Å². The number of carbonyl (C=O) groups excluding carboxylic acids is 3. The molecule has 0 aliphatic carbocycles. The van der Waals surface area contributed by atoms with Gasteiger partial charge < -0.3 is 19.5 Å². The number of nitrogens with one attached hydrogen (secondary N) is 2. The van der Waals surface area contributed by atoms with E-state index in [4.69, 9.17) is 4.74 Å². The van der Waals surface area contributed by atoms with Gasteiger partial charge in [-0.2, -0.15) is 0 Å². The molecule has 3 aromatic carbocycles. The molecule has 194 valence electrons. The minimum Gasteiger partial charge on any atom is -0.483 e. The third-order valence-electron chi connectivity index (χ3n) is 4.97. The number of hydrogen-bond acceptors (Lipinski definition) is 8. The SMILES string of the molecule is COC(=O)c1cc(NC(=O)COc2ccc(S(=O)(=O)Nc3ccc(F)cc3)cc2C)cc(C(=O)OC)c1. The number of benzene rings is 3. The molecule has 0 saturated heterocycles. The molecule has 10 nitrogen and oxygen atoms in total. The van der Waals surface area contributed by atoms with Crippen molar-refractivity contribution >= 4 is 39.2 Å². The number of ether oxygens (including phenoxy) is 3. The van der Waals surface area contributed by atoms with E-state index in [1.165, 1.54) is 62.8 Å². The van der Waals surface area contributed by atoms with Crippen molar-refractivity contribution in [2.45, 2.75) is 11.8 Å². The van der Waals surface area contributed by atoms with Gasteiger partial charge in [0.2, 0.25) is 0 Å². The lowest BCUT2D eigenvalue weighted by Gasteiger charge is -2.13. The van der Waals surface area contributed by atoms with Crippen LogP contribution in [0.25, 0.3) is 0 Å². The maximum absolute atomic E-state index is 13.1. The first kappa shape index (κ1) is 27.1. The van der Waals surface area contributed by atoms with Crippen molar-refractivity contribution in [1.29, 1.82) is 0 Å². The van der Waals surface area contributed by atoms with Crippen LogP contribution in [-0.2, 0) is 24.3 Å². The van der Waals surface area contributed by atoms with Gasteiger partial charge in [-0.15, -0.1) is 0 Å². The zero-order chi connectivity index (χ0) is 27.2. The molecular weight excluding hydrogens is 507 g/mol. The van der Waals surface area contributed by atoms with E-state index in [2.05, 4.69) is 19.5 Å². The van der Waals surface area contributed by atoms with Gasteiger partial charge in [0.1, 0.15) is 11.6 Å². The molecule has 0 spiro atoms. The van der Waals surface area contributed by atoms with E-state index < -0.39 is 40.3 Å². The lowest BCUT2D eigenvalue weighted by atomic mass is 10.1. The van der Waals surface area contributed by atoms with Crippen molar-refractivity contribution in [2.24, 2.45) is 0 Å². The standard InChI is InChI=1S/C25H23FN2O8S/c1-15-10-21(37(32,33)28-19-6-4-18(26)5-7-19)8-9-22(15)36-14-23(29)27-20-12-16(24(30)34-2)11-17(13-20)25(31)35-3/h4-13,28H,14H2,1-3H3,(H,27,29). The Morgan fingerprint density at radius 2 is 1.43 bits per heavy atom. The van der Waals surface area contributed by atoms with Gasteiger partial charge in [-0.25, -0.2) is 22.4 Å². The fraction of sp³-hybridized carbons (Fsp3) is 0.160. The van der Waals surface area contributed by atoms with Crippen molar-refractivity contribution in [3.63, 3.8) is 0 Å². The Hall–Kier alpha value is -4.45. The molecule has 3 aromatic rings. The molecule has 0 bridgehead atoms. The third kappa shape index (κ3) is 7.04. The third-order valence-corrected chi connectivity index (χ3v) is 6.35. The van der Waals surface area contributed by atoms with Gasteiger partial charge in [0.05, 0.1) is 30.2 Å². The summed E-state index contributed by atoms with van der Waals surface area (Å²) in [7, 11) is -1.59. The highest BCUT2D eigenvalue weighted by Crippen LogP contribution is 2.24. The molecule has 0 aliphatic heterocycles. The lowest BCUT2D eigenvalue weighted by molar-refractivity contribution is -0.118. The predicted molar refractivity (Wildman–Crippen MR) is 132 cm³/mol. The molecule has 0 unspecified atom stereocenters. The first-order chi connectivity index (χ1) is 17.5. The Kier molecular flexibility index (Phi) is 8.45. The number of methoxy groups -OCH3 is 2. The molecule has 0 aromatic heterocycles. The van der Waals surface area contributed by atoms with E-state index >= 15 is 0 Å². The van der Waals surface area contributed by atoms with Crippen molar-refractivity contribution in [3.05, 3.63) is 83.2 Å². The summed E-state index contributed by atoms with van der Waals surface area (Å²) in [5.41, 5.74) is 0.840. The van der Waals surface area contributed by atoms with Crippen LogP contribution in [0.5, 0.6) is 5.75 Å². The molecule has 0 radical (unpaired) electrons. The highest BCUT2D eigenvalue weighted by Gasteiger charge is 2.18. The fourth-order valence-electron chi connectivity index (χ4n) is 3.19. The van der Waals surface area contributed by atoms with Gasteiger partial charge in [0.15, 0.2) is 6.61 Å². The number of aryl methyl sites for hydroxylation is 1. The van der Waals surface area contributed by atoms with E-state index in [9.17, 15) is 27.2 Å². The smallest absolute Gasteiger partial charge is 0.337 e. The number of hydrogen-bond donors (Lipinski definition) is 2. The lowest BCUT2D eigenvalue weighted by Crippen LogP contribution is -2.21. The highest BCUT2D eigenvalue weighted by molar-refractivity contribution is 7.92. The topological polar surface area (TPSA) is 137 Å². The van der Waals surface area contributed by atoms with E-state index in [0.717, 1.165) is 12.1 Å². The van der Waals surface area contributed by atoms with Crippen LogP contribution in [0, 0.1) is 12.7 Å². The number of halogens is 1. The Labute approximate surface area is 212 Å². The molecule has 0 heterocycles. The normalized spacial score (nSPS) is 10.8. The number of esters is 2. The molecular formula is C25H23FN2O8S. The first-order valence-electron chi connectivity index (χ1n) is 10.7. The van der Waals surface area contributed by atoms with E-state index in [-0.39, 0.29) is 33.1 Å². The summed E-state index contributed by atoms with van der Waals surface area (Å²) in [6, 6.07) is 12.8. The van der Waals surface area contributed by atoms with Crippen LogP contribution >= 0.6 is 0 Å². The molecule has 12 heteroatoms. The fourth-order valence-corrected chi connectivity index (χ4v) is 4.34. The summed E-state index contributed by atoms with van der Waals surface area (Å²) in [6.07, 6.45) is 0. The number of amides is 1. The Balaban J connectivity index is 1.68. The molecule has 0 fully saturated rings. The van der Waals surface area contributed by atoms with E-state index in [1.54, 1.807) is 6.92 Å². The molecule has 3 rings (SSSR count). The van der Waals surface area contributed by atoms with Gasteiger partial charge in [0, 0.05) is 11.4 Å².